The molecule has 0 spiro atoms. The first-order valence-corrected chi connectivity index (χ1v) is 5.78. The van der Waals surface area contributed by atoms with Gasteiger partial charge in [0.25, 0.3) is 0 Å². The van der Waals surface area contributed by atoms with Gasteiger partial charge in [-0.1, -0.05) is 37.3 Å². The van der Waals surface area contributed by atoms with E-state index in [9.17, 15) is 0 Å². The fraction of sp³-hybridized carbons (Fsp3) is 0.429. The largest absolute Gasteiger partial charge is 0.328 e. The first-order valence-electron chi connectivity index (χ1n) is 5.78. The van der Waals surface area contributed by atoms with Gasteiger partial charge < -0.3 is 5.73 Å². The van der Waals surface area contributed by atoms with Crippen LogP contribution in [0.3, 0.4) is 0 Å². The highest BCUT2D eigenvalue weighted by atomic mass is 14.6. The van der Waals surface area contributed by atoms with Crippen molar-refractivity contribution in [1.29, 1.82) is 0 Å². The van der Waals surface area contributed by atoms with Gasteiger partial charge in [-0.05, 0) is 36.5 Å². The number of hydrogen-bond donors (Lipinski definition) is 1. The molecule has 0 aliphatic heterocycles. The molecule has 80 valence electrons. The molecule has 2 atom stereocenters. The van der Waals surface area contributed by atoms with E-state index in [-0.39, 0.29) is 6.04 Å². The highest BCUT2D eigenvalue weighted by molar-refractivity contribution is 5.75. The average molecular weight is 201 g/mol. The van der Waals surface area contributed by atoms with E-state index in [4.69, 9.17) is 5.73 Å². The van der Waals surface area contributed by atoms with Crippen LogP contribution in [0, 0.1) is 0 Å². The van der Waals surface area contributed by atoms with E-state index in [0.29, 0.717) is 5.92 Å². The van der Waals surface area contributed by atoms with Crippen LogP contribution in [0.4, 0.5) is 0 Å². The molecule has 1 aliphatic rings. The first kappa shape index (κ1) is 10.4. The second-order valence-electron chi connectivity index (χ2n) is 4.48. The van der Waals surface area contributed by atoms with Gasteiger partial charge in [-0.25, -0.2) is 0 Å². The molecule has 0 fully saturated rings. The number of rotatable bonds is 3. The summed E-state index contributed by atoms with van der Waals surface area (Å²) in [7, 11) is 0. The summed E-state index contributed by atoms with van der Waals surface area (Å²) in [5.74, 6) is 0.606. The molecular weight excluding hydrogens is 182 g/mol. The lowest BCUT2D eigenvalue weighted by molar-refractivity contribution is 0.766. The van der Waals surface area contributed by atoms with E-state index in [1.54, 1.807) is 0 Å². The van der Waals surface area contributed by atoms with Crippen molar-refractivity contribution in [2.75, 3.05) is 0 Å². The number of benzene rings is 1. The summed E-state index contributed by atoms with van der Waals surface area (Å²) in [6.45, 7) is 4.31. The van der Waals surface area contributed by atoms with Crippen LogP contribution in [-0.2, 0) is 0 Å². The van der Waals surface area contributed by atoms with Crippen LogP contribution in [0.1, 0.15) is 43.7 Å². The van der Waals surface area contributed by atoms with Gasteiger partial charge in [-0.3, -0.25) is 0 Å². The third-order valence-electron chi connectivity index (χ3n) is 3.09. The van der Waals surface area contributed by atoms with Crippen molar-refractivity contribution in [2.45, 2.75) is 38.6 Å². The van der Waals surface area contributed by atoms with Gasteiger partial charge in [0.05, 0.1) is 0 Å². The van der Waals surface area contributed by atoms with Crippen LogP contribution in [0.25, 0.3) is 5.57 Å². The lowest BCUT2D eigenvalue weighted by atomic mass is 9.97. The van der Waals surface area contributed by atoms with Gasteiger partial charge in [-0.2, -0.15) is 0 Å². The maximum absolute atomic E-state index is 5.88. The van der Waals surface area contributed by atoms with Crippen molar-refractivity contribution in [3.05, 3.63) is 41.5 Å². The Bertz CT molecular complexity index is 377. The summed E-state index contributed by atoms with van der Waals surface area (Å²) in [5.41, 5.74) is 10.2. The van der Waals surface area contributed by atoms with E-state index in [2.05, 4.69) is 44.2 Å². The summed E-state index contributed by atoms with van der Waals surface area (Å²) < 4.78 is 0. The second-order valence-corrected chi connectivity index (χ2v) is 4.48. The van der Waals surface area contributed by atoms with Crippen molar-refractivity contribution in [2.24, 2.45) is 5.73 Å². The minimum absolute atomic E-state index is 0.250. The maximum Gasteiger partial charge on any atom is 0.00510 e. The van der Waals surface area contributed by atoms with Crippen LogP contribution in [0.5, 0.6) is 0 Å². The Morgan fingerprint density at radius 2 is 2.07 bits per heavy atom. The summed E-state index contributed by atoms with van der Waals surface area (Å²) in [4.78, 5) is 0. The minimum Gasteiger partial charge on any atom is -0.328 e. The molecule has 1 heteroatoms. The molecule has 2 rings (SSSR count). The second kappa shape index (κ2) is 4.19. The average Bonchev–Trinajstić information content (AvgIpc) is 2.56. The SMILES string of the molecule is CCC1C=C(CC(C)N)c2ccccc21. The quantitative estimate of drug-likeness (QED) is 0.797. The van der Waals surface area contributed by atoms with E-state index < -0.39 is 0 Å². The number of nitrogens with two attached hydrogens (primary N) is 1. The van der Waals surface area contributed by atoms with Crippen molar-refractivity contribution in [3.63, 3.8) is 0 Å². The van der Waals surface area contributed by atoms with E-state index in [0.717, 1.165) is 6.42 Å². The smallest absolute Gasteiger partial charge is 0.00510 e. The number of hydrogen-bond acceptors (Lipinski definition) is 1. The molecule has 0 heterocycles. The molecule has 2 unspecified atom stereocenters. The molecule has 0 amide bonds. The lowest BCUT2D eigenvalue weighted by Crippen LogP contribution is -2.14. The molecule has 0 aromatic heterocycles. The Kier molecular flexibility index (Phi) is 2.92. The van der Waals surface area contributed by atoms with Crippen LogP contribution >= 0.6 is 0 Å². The minimum atomic E-state index is 0.250. The van der Waals surface area contributed by atoms with Gasteiger partial charge in [-0.15, -0.1) is 0 Å². The molecule has 15 heavy (non-hydrogen) atoms. The first-order chi connectivity index (χ1) is 7.22. The van der Waals surface area contributed by atoms with Gasteiger partial charge in [0, 0.05) is 12.0 Å². The standard InChI is InChI=1S/C14H19N/c1-3-11-9-12(8-10(2)15)14-7-5-4-6-13(11)14/h4-7,9-11H,3,8,15H2,1-2H3. The molecule has 0 bridgehead atoms. The predicted octanol–water partition coefficient (Wildman–Crippen LogP) is 3.31. The van der Waals surface area contributed by atoms with Crippen molar-refractivity contribution in [3.8, 4) is 0 Å². The molecule has 2 N–H and O–H groups in total. The fourth-order valence-electron chi connectivity index (χ4n) is 2.40. The van der Waals surface area contributed by atoms with E-state index >= 15 is 0 Å². The summed E-state index contributed by atoms with van der Waals surface area (Å²) >= 11 is 0. The Morgan fingerprint density at radius 3 is 2.73 bits per heavy atom. The zero-order valence-electron chi connectivity index (χ0n) is 9.53. The summed E-state index contributed by atoms with van der Waals surface area (Å²) in [6.07, 6.45) is 4.57. The molecule has 1 nitrogen and oxygen atoms in total. The van der Waals surface area contributed by atoms with Crippen LogP contribution < -0.4 is 5.73 Å². The zero-order valence-corrected chi connectivity index (χ0v) is 9.53. The molecule has 0 saturated carbocycles. The fourth-order valence-corrected chi connectivity index (χ4v) is 2.40. The molecule has 0 saturated heterocycles. The topological polar surface area (TPSA) is 26.0 Å². The molecule has 0 radical (unpaired) electrons. The molecular formula is C14H19N. The normalized spacial score (nSPS) is 21.0. The Morgan fingerprint density at radius 1 is 1.33 bits per heavy atom. The predicted molar refractivity (Wildman–Crippen MR) is 65.7 cm³/mol. The van der Waals surface area contributed by atoms with Crippen LogP contribution in [0.2, 0.25) is 0 Å². The number of fused-ring (bicyclic) bond motifs is 1. The molecule has 1 aromatic rings. The van der Waals surface area contributed by atoms with Crippen molar-refractivity contribution in [1.82, 2.24) is 0 Å². The highest BCUT2D eigenvalue weighted by Crippen LogP contribution is 2.39. The van der Waals surface area contributed by atoms with Gasteiger partial charge in [0.15, 0.2) is 0 Å². The van der Waals surface area contributed by atoms with Crippen LogP contribution in [0.15, 0.2) is 30.3 Å². The maximum atomic E-state index is 5.88. The van der Waals surface area contributed by atoms with E-state index in [1.165, 1.54) is 23.1 Å². The highest BCUT2D eigenvalue weighted by Gasteiger charge is 2.21. The third kappa shape index (κ3) is 1.98. The number of allylic oxidation sites excluding steroid dienone is 1. The summed E-state index contributed by atoms with van der Waals surface area (Å²) in [5, 5.41) is 0. The Labute approximate surface area is 92.0 Å². The molecule has 1 aromatic carbocycles. The Hall–Kier alpha value is -1.08. The van der Waals surface area contributed by atoms with E-state index in [1.807, 2.05) is 0 Å². The van der Waals surface area contributed by atoms with Crippen molar-refractivity contribution < 1.29 is 0 Å². The lowest BCUT2D eigenvalue weighted by Gasteiger charge is -2.08. The van der Waals surface area contributed by atoms with Gasteiger partial charge in [0.2, 0.25) is 0 Å². The Balaban J connectivity index is 2.34. The van der Waals surface area contributed by atoms with Gasteiger partial charge in [0.1, 0.15) is 0 Å². The monoisotopic (exact) mass is 201 g/mol. The molecule has 1 aliphatic carbocycles. The zero-order chi connectivity index (χ0) is 10.8. The third-order valence-corrected chi connectivity index (χ3v) is 3.09. The van der Waals surface area contributed by atoms with Crippen molar-refractivity contribution >= 4 is 5.57 Å². The van der Waals surface area contributed by atoms with Gasteiger partial charge >= 0.3 is 0 Å². The van der Waals surface area contributed by atoms with Crippen LogP contribution in [-0.4, -0.2) is 6.04 Å². The summed E-state index contributed by atoms with van der Waals surface area (Å²) in [6, 6.07) is 8.96.